The van der Waals surface area contributed by atoms with E-state index >= 15 is 0 Å². The van der Waals surface area contributed by atoms with Crippen molar-refractivity contribution in [3.8, 4) is 0 Å². The van der Waals surface area contributed by atoms with E-state index in [0.29, 0.717) is 18.9 Å². The van der Waals surface area contributed by atoms with Crippen LogP contribution in [0.15, 0.2) is 30.5 Å². The molecule has 1 aromatic carbocycles. The molecule has 3 aromatic rings. The van der Waals surface area contributed by atoms with Gasteiger partial charge in [0.1, 0.15) is 11.6 Å². The number of aromatic nitrogens is 4. The maximum Gasteiger partial charge on any atom is 0.224 e. The van der Waals surface area contributed by atoms with Gasteiger partial charge in [0.15, 0.2) is 0 Å². The lowest BCUT2D eigenvalue weighted by Crippen LogP contribution is -2.40. The quantitative estimate of drug-likeness (QED) is 0.675. The molecule has 0 N–H and O–H groups in total. The standard InChI is InChI=1S/C21H24ClN5O/c22-17-5-6-18-15(13-17)7-11-25(18)12-8-20(28)26-9-1-3-16(14-26)21-24-23-19-4-2-10-27(19)21/h5-7,11,13,16H,1-4,8-10,12,14H2. The monoisotopic (exact) mass is 397 g/mol. The van der Waals surface area contributed by atoms with Crippen LogP contribution in [0.25, 0.3) is 10.9 Å². The number of amides is 1. The summed E-state index contributed by atoms with van der Waals surface area (Å²) in [5.41, 5.74) is 1.12. The van der Waals surface area contributed by atoms with Crippen molar-refractivity contribution >= 4 is 28.4 Å². The van der Waals surface area contributed by atoms with Crippen molar-refractivity contribution in [1.82, 2.24) is 24.2 Å². The third-order valence-electron chi connectivity index (χ3n) is 6.08. The number of hydrogen-bond acceptors (Lipinski definition) is 3. The Labute approximate surface area is 169 Å². The van der Waals surface area contributed by atoms with Crippen molar-refractivity contribution in [3.05, 3.63) is 47.1 Å². The minimum atomic E-state index is 0.224. The van der Waals surface area contributed by atoms with E-state index in [4.69, 9.17) is 11.6 Å². The second-order valence-corrected chi connectivity index (χ2v) is 8.31. The van der Waals surface area contributed by atoms with Gasteiger partial charge < -0.3 is 14.0 Å². The highest BCUT2D eigenvalue weighted by atomic mass is 35.5. The van der Waals surface area contributed by atoms with Crippen LogP contribution in [-0.2, 0) is 24.3 Å². The zero-order valence-electron chi connectivity index (χ0n) is 15.9. The number of carbonyl (C=O) groups excluding carboxylic acids is 1. The Bertz CT molecular complexity index is 1020. The third kappa shape index (κ3) is 3.20. The first-order chi connectivity index (χ1) is 13.7. The predicted molar refractivity (Wildman–Crippen MR) is 108 cm³/mol. The van der Waals surface area contributed by atoms with Gasteiger partial charge in [-0.05, 0) is 43.5 Å². The van der Waals surface area contributed by atoms with Crippen molar-refractivity contribution in [2.75, 3.05) is 13.1 Å². The number of carbonyl (C=O) groups is 1. The van der Waals surface area contributed by atoms with Gasteiger partial charge >= 0.3 is 0 Å². The van der Waals surface area contributed by atoms with Crippen molar-refractivity contribution in [2.45, 2.75) is 51.1 Å². The van der Waals surface area contributed by atoms with Crippen LogP contribution in [0.1, 0.15) is 43.3 Å². The van der Waals surface area contributed by atoms with Gasteiger partial charge in [-0.2, -0.15) is 0 Å². The number of hydrogen-bond donors (Lipinski definition) is 0. The van der Waals surface area contributed by atoms with E-state index in [9.17, 15) is 4.79 Å². The number of fused-ring (bicyclic) bond motifs is 2. The molecule has 0 radical (unpaired) electrons. The number of benzene rings is 1. The number of piperidine rings is 1. The molecule has 1 fully saturated rings. The molecule has 0 spiro atoms. The van der Waals surface area contributed by atoms with Gasteiger partial charge in [0.25, 0.3) is 0 Å². The smallest absolute Gasteiger partial charge is 0.224 e. The van der Waals surface area contributed by atoms with Gasteiger partial charge in [-0.15, -0.1) is 10.2 Å². The Hall–Kier alpha value is -2.34. The molecule has 146 valence electrons. The second kappa shape index (κ2) is 7.24. The summed E-state index contributed by atoms with van der Waals surface area (Å²) in [5.74, 6) is 2.73. The number of rotatable bonds is 4. The average Bonchev–Trinajstić information content (AvgIpc) is 3.41. The van der Waals surface area contributed by atoms with E-state index in [1.807, 2.05) is 29.3 Å². The predicted octanol–water partition coefficient (Wildman–Crippen LogP) is 3.63. The van der Waals surface area contributed by atoms with Crippen LogP contribution in [0, 0.1) is 0 Å². The van der Waals surface area contributed by atoms with Gasteiger partial charge in [-0.3, -0.25) is 4.79 Å². The lowest BCUT2D eigenvalue weighted by atomic mass is 9.97. The molecule has 4 heterocycles. The fourth-order valence-corrected chi connectivity index (χ4v) is 4.81. The molecule has 5 rings (SSSR count). The molecule has 0 bridgehead atoms. The summed E-state index contributed by atoms with van der Waals surface area (Å²) in [6.45, 7) is 3.32. The maximum absolute atomic E-state index is 12.9. The van der Waals surface area contributed by atoms with Crippen LogP contribution in [0.3, 0.4) is 0 Å². The van der Waals surface area contributed by atoms with Crippen molar-refractivity contribution < 1.29 is 4.79 Å². The minimum Gasteiger partial charge on any atom is -0.347 e. The summed E-state index contributed by atoms with van der Waals surface area (Å²) >= 11 is 6.07. The summed E-state index contributed by atoms with van der Waals surface area (Å²) in [7, 11) is 0. The van der Waals surface area contributed by atoms with E-state index < -0.39 is 0 Å². The molecule has 6 nitrogen and oxygen atoms in total. The molecular weight excluding hydrogens is 374 g/mol. The molecule has 28 heavy (non-hydrogen) atoms. The summed E-state index contributed by atoms with van der Waals surface area (Å²) in [4.78, 5) is 14.9. The van der Waals surface area contributed by atoms with Crippen LogP contribution in [-0.4, -0.2) is 43.2 Å². The summed E-state index contributed by atoms with van der Waals surface area (Å²) in [5, 5.41) is 10.6. The summed E-state index contributed by atoms with van der Waals surface area (Å²) in [6.07, 6.45) is 6.85. The van der Waals surface area contributed by atoms with Crippen LogP contribution in [0.5, 0.6) is 0 Å². The molecular formula is C21H24ClN5O. The number of nitrogens with zero attached hydrogens (tertiary/aromatic N) is 5. The largest absolute Gasteiger partial charge is 0.347 e. The Morgan fingerprint density at radius 2 is 2.11 bits per heavy atom. The van der Waals surface area contributed by atoms with E-state index in [2.05, 4.69) is 25.4 Å². The van der Waals surface area contributed by atoms with Gasteiger partial charge in [0.2, 0.25) is 5.91 Å². The lowest BCUT2D eigenvalue weighted by molar-refractivity contribution is -0.132. The van der Waals surface area contributed by atoms with Gasteiger partial charge in [0.05, 0.1) is 0 Å². The van der Waals surface area contributed by atoms with E-state index in [1.54, 1.807) is 0 Å². The van der Waals surface area contributed by atoms with E-state index in [1.165, 1.54) is 0 Å². The highest BCUT2D eigenvalue weighted by Gasteiger charge is 2.30. The summed E-state index contributed by atoms with van der Waals surface area (Å²) in [6, 6.07) is 7.93. The molecule has 0 saturated carbocycles. The van der Waals surface area contributed by atoms with Crippen molar-refractivity contribution in [1.29, 1.82) is 0 Å². The normalized spacial score (nSPS) is 19.3. The fraction of sp³-hybridized carbons (Fsp3) is 0.476. The van der Waals surface area contributed by atoms with Crippen molar-refractivity contribution in [3.63, 3.8) is 0 Å². The highest BCUT2D eigenvalue weighted by molar-refractivity contribution is 6.31. The fourth-order valence-electron chi connectivity index (χ4n) is 4.63. The zero-order valence-corrected chi connectivity index (χ0v) is 16.6. The molecule has 2 aromatic heterocycles. The molecule has 2 aliphatic heterocycles. The first kappa shape index (κ1) is 17.7. The first-order valence-electron chi connectivity index (χ1n) is 10.1. The van der Waals surface area contributed by atoms with E-state index in [0.717, 1.165) is 72.9 Å². The molecule has 1 unspecified atom stereocenters. The third-order valence-corrected chi connectivity index (χ3v) is 6.31. The Kier molecular flexibility index (Phi) is 4.59. The summed E-state index contributed by atoms with van der Waals surface area (Å²) < 4.78 is 4.41. The molecule has 1 saturated heterocycles. The average molecular weight is 398 g/mol. The van der Waals surface area contributed by atoms with Crippen molar-refractivity contribution in [2.24, 2.45) is 0 Å². The SMILES string of the molecule is O=C(CCn1ccc2cc(Cl)ccc21)N1CCCC(c2nnc3n2CCC3)C1. The Morgan fingerprint density at radius 1 is 1.18 bits per heavy atom. The van der Waals surface area contributed by atoms with Gasteiger partial charge in [0, 0.05) is 67.1 Å². The molecule has 2 aliphatic rings. The Morgan fingerprint density at radius 3 is 3.04 bits per heavy atom. The zero-order chi connectivity index (χ0) is 19.1. The van der Waals surface area contributed by atoms with E-state index in [-0.39, 0.29) is 5.91 Å². The van der Waals surface area contributed by atoms with Gasteiger partial charge in [-0.25, -0.2) is 0 Å². The van der Waals surface area contributed by atoms with Crippen LogP contribution in [0.2, 0.25) is 5.02 Å². The maximum atomic E-state index is 12.9. The highest BCUT2D eigenvalue weighted by Crippen LogP contribution is 2.29. The van der Waals surface area contributed by atoms with Crippen LogP contribution >= 0.6 is 11.6 Å². The molecule has 7 heteroatoms. The topological polar surface area (TPSA) is 56.0 Å². The Balaban J connectivity index is 1.24. The number of aryl methyl sites for hydroxylation is 2. The molecule has 0 aliphatic carbocycles. The number of likely N-dealkylation sites (tertiary alicyclic amines) is 1. The lowest BCUT2D eigenvalue weighted by Gasteiger charge is -2.32. The van der Waals surface area contributed by atoms with Crippen LogP contribution in [0.4, 0.5) is 0 Å². The molecule has 1 atom stereocenters. The first-order valence-corrected chi connectivity index (χ1v) is 10.5. The molecule has 1 amide bonds. The van der Waals surface area contributed by atoms with Gasteiger partial charge in [-0.1, -0.05) is 11.6 Å². The second-order valence-electron chi connectivity index (χ2n) is 7.87. The minimum absolute atomic E-state index is 0.224. The van der Waals surface area contributed by atoms with Crippen LogP contribution < -0.4 is 0 Å². The number of halogens is 1.